The lowest BCUT2D eigenvalue weighted by atomic mass is 9.85. The monoisotopic (exact) mass is 463 g/mol. The third-order valence-electron chi connectivity index (χ3n) is 6.43. The number of anilines is 1. The van der Waals surface area contributed by atoms with E-state index in [4.69, 9.17) is 5.26 Å². The lowest BCUT2D eigenvalue weighted by Crippen LogP contribution is -2.38. The van der Waals surface area contributed by atoms with E-state index in [1.54, 1.807) is 11.8 Å². The first-order valence-corrected chi connectivity index (χ1v) is 12.8. The first-order valence-electron chi connectivity index (χ1n) is 11.5. The van der Waals surface area contributed by atoms with E-state index in [0.29, 0.717) is 11.7 Å². The van der Waals surface area contributed by atoms with Crippen LogP contribution in [0.4, 0.5) is 5.69 Å². The number of nitrogens with one attached hydrogen (secondary N) is 2. The van der Waals surface area contributed by atoms with Crippen LogP contribution in [0.2, 0.25) is 0 Å². The van der Waals surface area contributed by atoms with E-state index in [0.717, 1.165) is 56.4 Å². The minimum atomic E-state index is -0.359. The Kier molecular flexibility index (Phi) is 7.50. The fourth-order valence-electron chi connectivity index (χ4n) is 4.63. The Morgan fingerprint density at radius 3 is 2.79 bits per heavy atom. The summed E-state index contributed by atoms with van der Waals surface area (Å²) in [5.41, 5.74) is 4.61. The number of likely N-dealkylation sites (tertiary alicyclic amines) is 1. The minimum Gasteiger partial charge on any atom is -0.342 e. The van der Waals surface area contributed by atoms with E-state index in [1.807, 2.05) is 23.3 Å². The Hall–Kier alpha value is -3.05. The number of aromatic amines is 1. The van der Waals surface area contributed by atoms with E-state index in [9.17, 15) is 9.59 Å². The van der Waals surface area contributed by atoms with Crippen molar-refractivity contribution in [1.82, 2.24) is 14.9 Å². The topological polar surface area (TPSA) is 102 Å². The minimum absolute atomic E-state index is 0.126. The van der Waals surface area contributed by atoms with Gasteiger partial charge >= 0.3 is 0 Å². The van der Waals surface area contributed by atoms with Gasteiger partial charge in [-0.25, -0.2) is 4.98 Å². The molecule has 1 saturated heterocycles. The normalized spacial score (nSPS) is 16.7. The molecule has 0 unspecified atom stereocenters. The van der Waals surface area contributed by atoms with Gasteiger partial charge in [-0.05, 0) is 74.0 Å². The van der Waals surface area contributed by atoms with Crippen LogP contribution < -0.4 is 5.32 Å². The van der Waals surface area contributed by atoms with Gasteiger partial charge in [-0.3, -0.25) is 9.59 Å². The van der Waals surface area contributed by atoms with Crippen LogP contribution in [-0.2, 0) is 4.79 Å². The standard InChI is InChI=1S/C25H29N5O2S/c1-33-16-23(31)30-11-9-17(10-12-30)19-7-8-22(21(13-19)18-5-3-2-4-6-18)29-25(32)24-27-15-20(14-26)28-24/h5,7-8,13,15,17H,2-4,6,9-12,16H2,1H3,(H,27,28)(H,29,32). The van der Waals surface area contributed by atoms with Gasteiger partial charge in [-0.15, -0.1) is 0 Å². The van der Waals surface area contributed by atoms with Crippen molar-refractivity contribution in [2.45, 2.75) is 44.4 Å². The van der Waals surface area contributed by atoms with E-state index in [1.165, 1.54) is 23.8 Å². The van der Waals surface area contributed by atoms with Gasteiger partial charge in [-0.1, -0.05) is 12.1 Å². The molecule has 172 valence electrons. The number of benzene rings is 1. The Morgan fingerprint density at radius 2 is 2.12 bits per heavy atom. The molecule has 1 aliphatic heterocycles. The zero-order valence-corrected chi connectivity index (χ0v) is 19.7. The fourth-order valence-corrected chi connectivity index (χ4v) is 5.05. The summed E-state index contributed by atoms with van der Waals surface area (Å²) in [6, 6.07) is 8.26. The second-order valence-corrected chi connectivity index (χ2v) is 9.45. The first-order chi connectivity index (χ1) is 16.1. The molecule has 7 nitrogen and oxygen atoms in total. The van der Waals surface area contributed by atoms with Gasteiger partial charge in [0.1, 0.15) is 11.8 Å². The van der Waals surface area contributed by atoms with Crippen LogP contribution in [0.5, 0.6) is 0 Å². The summed E-state index contributed by atoms with van der Waals surface area (Å²) in [4.78, 5) is 33.7. The number of rotatable bonds is 6. The molecule has 2 amide bonds. The molecule has 0 saturated carbocycles. The zero-order chi connectivity index (χ0) is 23.2. The van der Waals surface area contributed by atoms with Crippen molar-refractivity contribution in [3.8, 4) is 6.07 Å². The summed E-state index contributed by atoms with van der Waals surface area (Å²) >= 11 is 1.57. The molecule has 1 fully saturated rings. The number of piperidine rings is 1. The predicted octanol–water partition coefficient (Wildman–Crippen LogP) is 4.56. The highest BCUT2D eigenvalue weighted by Gasteiger charge is 2.25. The molecular formula is C25H29N5O2S. The number of thioether (sulfide) groups is 1. The summed E-state index contributed by atoms with van der Waals surface area (Å²) in [5.74, 6) is 0.941. The fraction of sp³-hybridized carbons (Fsp3) is 0.440. The van der Waals surface area contributed by atoms with Crippen LogP contribution in [0.1, 0.15) is 71.9 Å². The highest BCUT2D eigenvalue weighted by Crippen LogP contribution is 2.36. The second kappa shape index (κ2) is 10.7. The summed E-state index contributed by atoms with van der Waals surface area (Å²) in [6.07, 6.45) is 11.9. The molecule has 0 atom stereocenters. The number of hydrogen-bond donors (Lipinski definition) is 2. The van der Waals surface area contributed by atoms with Crippen molar-refractivity contribution in [2.24, 2.45) is 0 Å². The number of carbonyl (C=O) groups is 2. The van der Waals surface area contributed by atoms with Crippen molar-refractivity contribution in [1.29, 1.82) is 5.26 Å². The number of aromatic nitrogens is 2. The van der Waals surface area contributed by atoms with E-state index in [-0.39, 0.29) is 23.3 Å². The van der Waals surface area contributed by atoms with Gasteiger partial charge in [-0.2, -0.15) is 17.0 Å². The Bertz CT molecular complexity index is 1090. The highest BCUT2D eigenvalue weighted by atomic mass is 32.2. The summed E-state index contributed by atoms with van der Waals surface area (Å²) in [5, 5.41) is 12.0. The number of nitrogens with zero attached hydrogens (tertiary/aromatic N) is 3. The molecule has 0 spiro atoms. The molecule has 1 aliphatic carbocycles. The Balaban J connectivity index is 1.54. The van der Waals surface area contributed by atoms with Crippen molar-refractivity contribution >= 4 is 34.8 Å². The molecule has 4 rings (SSSR count). The Morgan fingerprint density at radius 1 is 1.30 bits per heavy atom. The van der Waals surface area contributed by atoms with Crippen LogP contribution >= 0.6 is 11.8 Å². The maximum atomic E-state index is 12.7. The average molecular weight is 464 g/mol. The number of carbonyl (C=O) groups excluding carboxylic acids is 2. The largest absolute Gasteiger partial charge is 0.342 e. The molecule has 33 heavy (non-hydrogen) atoms. The van der Waals surface area contributed by atoms with E-state index in [2.05, 4.69) is 33.5 Å². The van der Waals surface area contributed by atoms with Crippen LogP contribution in [0.15, 0.2) is 30.5 Å². The molecule has 0 bridgehead atoms. The number of hydrogen-bond acceptors (Lipinski definition) is 5. The van der Waals surface area contributed by atoms with Crippen molar-refractivity contribution in [3.63, 3.8) is 0 Å². The van der Waals surface area contributed by atoms with Gasteiger partial charge in [0.25, 0.3) is 5.91 Å². The molecule has 1 aromatic carbocycles. The van der Waals surface area contributed by atoms with Gasteiger partial charge in [0.15, 0.2) is 5.82 Å². The number of nitriles is 1. The number of amides is 2. The predicted molar refractivity (Wildman–Crippen MR) is 131 cm³/mol. The smallest absolute Gasteiger partial charge is 0.291 e. The molecule has 1 aromatic heterocycles. The average Bonchev–Trinajstić information content (AvgIpc) is 3.35. The first kappa shape index (κ1) is 23.1. The highest BCUT2D eigenvalue weighted by molar-refractivity contribution is 7.99. The maximum Gasteiger partial charge on any atom is 0.291 e. The number of H-pyrrole nitrogens is 1. The van der Waals surface area contributed by atoms with E-state index >= 15 is 0 Å². The molecule has 8 heteroatoms. The number of imidazole rings is 1. The molecule has 2 aliphatic rings. The maximum absolute atomic E-state index is 12.7. The zero-order valence-electron chi connectivity index (χ0n) is 18.9. The molecule has 2 N–H and O–H groups in total. The summed E-state index contributed by atoms with van der Waals surface area (Å²) < 4.78 is 0. The third-order valence-corrected chi connectivity index (χ3v) is 6.96. The second-order valence-electron chi connectivity index (χ2n) is 8.58. The van der Waals surface area contributed by atoms with Crippen LogP contribution in [0.25, 0.3) is 5.57 Å². The van der Waals surface area contributed by atoms with Gasteiger partial charge in [0.2, 0.25) is 5.91 Å². The quantitative estimate of drug-likeness (QED) is 0.654. The van der Waals surface area contributed by atoms with Crippen molar-refractivity contribution in [3.05, 3.63) is 53.1 Å². The van der Waals surface area contributed by atoms with Crippen LogP contribution in [-0.4, -0.2) is 51.8 Å². The van der Waals surface area contributed by atoms with Crippen LogP contribution in [0, 0.1) is 11.3 Å². The summed E-state index contributed by atoms with van der Waals surface area (Å²) in [7, 11) is 0. The van der Waals surface area contributed by atoms with Crippen LogP contribution in [0.3, 0.4) is 0 Å². The van der Waals surface area contributed by atoms with Gasteiger partial charge in [0, 0.05) is 24.3 Å². The molecule has 2 heterocycles. The van der Waals surface area contributed by atoms with E-state index < -0.39 is 0 Å². The lowest BCUT2D eigenvalue weighted by molar-refractivity contribution is -0.129. The van der Waals surface area contributed by atoms with Gasteiger partial charge in [0.05, 0.1) is 11.9 Å². The van der Waals surface area contributed by atoms with Crippen molar-refractivity contribution in [2.75, 3.05) is 30.4 Å². The third kappa shape index (κ3) is 5.48. The van der Waals surface area contributed by atoms with Crippen molar-refractivity contribution < 1.29 is 9.59 Å². The Labute approximate surface area is 198 Å². The summed E-state index contributed by atoms with van der Waals surface area (Å²) in [6.45, 7) is 1.58. The molecule has 2 aromatic rings. The van der Waals surface area contributed by atoms with Gasteiger partial charge < -0.3 is 15.2 Å². The molecular weight excluding hydrogens is 434 g/mol. The lowest BCUT2D eigenvalue weighted by Gasteiger charge is -2.32. The number of allylic oxidation sites excluding steroid dienone is 2. The molecule has 0 radical (unpaired) electrons. The SMILES string of the molecule is CSCC(=O)N1CCC(c2ccc(NC(=O)c3ncc(C#N)[nH]3)c(C3=CCCCC3)c2)CC1.